The highest BCUT2D eigenvalue weighted by Gasteiger charge is 2.29. The van der Waals surface area contributed by atoms with Gasteiger partial charge in [0.1, 0.15) is 18.1 Å². The predicted octanol–water partition coefficient (Wildman–Crippen LogP) is 2.45. The zero-order valence-electron chi connectivity index (χ0n) is 23.6. The largest absolute Gasteiger partial charge is 0.374 e. The van der Waals surface area contributed by atoms with Gasteiger partial charge in [-0.05, 0) is 36.0 Å². The molecule has 10 heteroatoms. The monoisotopic (exact) mass is 574 g/mol. The van der Waals surface area contributed by atoms with Gasteiger partial charge in [-0.15, -0.1) is 0 Å². The quantitative estimate of drug-likeness (QED) is 0.131. The molecule has 0 fully saturated rings. The highest BCUT2D eigenvalue weighted by molar-refractivity contribution is 5.94. The third-order valence-electron chi connectivity index (χ3n) is 6.55. The minimum absolute atomic E-state index is 0.109. The van der Waals surface area contributed by atoms with Gasteiger partial charge < -0.3 is 20.7 Å². The number of rotatable bonds is 16. The first-order valence-electron chi connectivity index (χ1n) is 13.9. The van der Waals surface area contributed by atoms with E-state index in [-0.39, 0.29) is 26.1 Å². The number of nitrogens with one attached hydrogen (secondary N) is 4. The van der Waals surface area contributed by atoms with Crippen LogP contribution in [0.15, 0.2) is 91.0 Å². The Labute approximate surface area is 245 Å². The maximum atomic E-state index is 13.5. The maximum Gasteiger partial charge on any atom is 0.266 e. The van der Waals surface area contributed by atoms with Crippen LogP contribution in [0.4, 0.5) is 0 Å². The molecule has 0 spiro atoms. The van der Waals surface area contributed by atoms with Gasteiger partial charge in [0.25, 0.3) is 5.91 Å². The first-order valence-corrected chi connectivity index (χ1v) is 13.9. The minimum atomic E-state index is -1.08. The highest BCUT2D eigenvalue weighted by Crippen LogP contribution is 2.10. The molecule has 42 heavy (non-hydrogen) atoms. The van der Waals surface area contributed by atoms with E-state index in [1.165, 1.54) is 6.92 Å². The fourth-order valence-electron chi connectivity index (χ4n) is 4.40. The Bertz CT molecular complexity index is 1270. The fourth-order valence-corrected chi connectivity index (χ4v) is 4.40. The fraction of sp³-hybridized carbons (Fsp3) is 0.312. The van der Waals surface area contributed by atoms with Crippen molar-refractivity contribution in [3.8, 4) is 0 Å². The van der Waals surface area contributed by atoms with Crippen molar-refractivity contribution >= 4 is 23.6 Å². The molecule has 3 aromatic carbocycles. The van der Waals surface area contributed by atoms with Gasteiger partial charge in [0.05, 0.1) is 13.2 Å². The van der Waals surface area contributed by atoms with Gasteiger partial charge in [0, 0.05) is 13.3 Å². The second kappa shape index (κ2) is 17.3. The van der Waals surface area contributed by atoms with E-state index in [4.69, 9.17) is 4.74 Å². The topological polar surface area (TPSA) is 146 Å². The molecule has 5 N–H and O–H groups in total. The zero-order chi connectivity index (χ0) is 30.2. The number of hydrogen-bond donors (Lipinski definition) is 5. The van der Waals surface area contributed by atoms with Crippen molar-refractivity contribution in [3.63, 3.8) is 0 Å². The highest BCUT2D eigenvalue weighted by atomic mass is 16.5. The van der Waals surface area contributed by atoms with Crippen LogP contribution in [0.5, 0.6) is 0 Å². The number of hydrogen-bond acceptors (Lipinski definition) is 6. The number of carbonyl (C=O) groups is 4. The SMILES string of the molecule is CC(=O)N[C@@H](COCc1ccccc1)C(=O)N[C@H](CCCc1ccccc1)C(=O)N[C@H](Cc1ccccc1)C(=O)NO. The first-order chi connectivity index (χ1) is 20.4. The summed E-state index contributed by atoms with van der Waals surface area (Å²) in [6, 6.07) is 25.0. The summed E-state index contributed by atoms with van der Waals surface area (Å²) in [5, 5.41) is 17.3. The summed E-state index contributed by atoms with van der Waals surface area (Å²) in [6.07, 6.45) is 1.63. The van der Waals surface area contributed by atoms with Gasteiger partial charge >= 0.3 is 0 Å². The summed E-state index contributed by atoms with van der Waals surface area (Å²) < 4.78 is 5.71. The summed E-state index contributed by atoms with van der Waals surface area (Å²) in [4.78, 5) is 51.1. The Hall–Kier alpha value is -4.54. The Morgan fingerprint density at radius 1 is 0.667 bits per heavy atom. The number of amides is 4. The smallest absolute Gasteiger partial charge is 0.266 e. The lowest BCUT2D eigenvalue weighted by Gasteiger charge is -2.25. The molecule has 0 radical (unpaired) electrons. The molecule has 4 amide bonds. The van der Waals surface area contributed by atoms with Gasteiger partial charge in [-0.1, -0.05) is 91.0 Å². The van der Waals surface area contributed by atoms with Gasteiger partial charge in [-0.2, -0.15) is 0 Å². The summed E-state index contributed by atoms with van der Waals surface area (Å²) in [5.41, 5.74) is 4.37. The van der Waals surface area contributed by atoms with E-state index in [1.807, 2.05) is 66.7 Å². The van der Waals surface area contributed by atoms with Crippen LogP contribution in [0.25, 0.3) is 0 Å². The van der Waals surface area contributed by atoms with E-state index in [1.54, 1.807) is 29.7 Å². The molecule has 0 unspecified atom stereocenters. The number of ether oxygens (including phenoxy) is 1. The van der Waals surface area contributed by atoms with Crippen molar-refractivity contribution in [2.75, 3.05) is 6.61 Å². The van der Waals surface area contributed by atoms with Crippen LogP contribution in [-0.4, -0.2) is 53.6 Å². The molecule has 0 heterocycles. The maximum absolute atomic E-state index is 13.5. The van der Waals surface area contributed by atoms with Crippen LogP contribution >= 0.6 is 0 Å². The molecule has 222 valence electrons. The molecule has 0 saturated carbocycles. The normalized spacial score (nSPS) is 12.8. The molecule has 3 aromatic rings. The lowest BCUT2D eigenvalue weighted by atomic mass is 10.0. The summed E-state index contributed by atoms with van der Waals surface area (Å²) in [7, 11) is 0. The Morgan fingerprint density at radius 3 is 1.76 bits per heavy atom. The van der Waals surface area contributed by atoms with Crippen LogP contribution in [0.3, 0.4) is 0 Å². The molecule has 3 atom stereocenters. The molecule has 0 aliphatic heterocycles. The molecule has 0 saturated heterocycles. The molecule has 3 rings (SSSR count). The summed E-state index contributed by atoms with van der Waals surface area (Å²) in [5.74, 6) is -2.39. The Kier molecular flexibility index (Phi) is 13.2. The second-order valence-corrected chi connectivity index (χ2v) is 9.92. The van der Waals surface area contributed by atoms with E-state index in [9.17, 15) is 24.4 Å². The second-order valence-electron chi connectivity index (χ2n) is 9.92. The molecule has 0 aromatic heterocycles. The van der Waals surface area contributed by atoms with Crippen LogP contribution in [0.2, 0.25) is 0 Å². The molecule has 0 aliphatic carbocycles. The van der Waals surface area contributed by atoms with Crippen molar-refractivity contribution in [3.05, 3.63) is 108 Å². The van der Waals surface area contributed by atoms with E-state index in [0.717, 1.165) is 16.7 Å². The number of hydroxylamine groups is 1. The van der Waals surface area contributed by atoms with Crippen molar-refractivity contribution in [1.29, 1.82) is 0 Å². The van der Waals surface area contributed by atoms with E-state index in [0.29, 0.717) is 12.8 Å². The van der Waals surface area contributed by atoms with Crippen LogP contribution in [-0.2, 0) is 43.4 Å². The van der Waals surface area contributed by atoms with Crippen molar-refractivity contribution in [2.24, 2.45) is 0 Å². The Balaban J connectivity index is 1.71. The molecule has 10 nitrogen and oxygen atoms in total. The lowest BCUT2D eigenvalue weighted by molar-refractivity contribution is -0.136. The van der Waals surface area contributed by atoms with E-state index in [2.05, 4.69) is 16.0 Å². The van der Waals surface area contributed by atoms with Gasteiger partial charge in [0.2, 0.25) is 17.7 Å². The van der Waals surface area contributed by atoms with Crippen molar-refractivity contribution < 1.29 is 29.1 Å². The third kappa shape index (κ3) is 11.1. The van der Waals surface area contributed by atoms with Gasteiger partial charge in [-0.3, -0.25) is 24.4 Å². The summed E-state index contributed by atoms with van der Waals surface area (Å²) in [6.45, 7) is 1.42. The van der Waals surface area contributed by atoms with E-state index >= 15 is 0 Å². The zero-order valence-corrected chi connectivity index (χ0v) is 23.6. The van der Waals surface area contributed by atoms with E-state index < -0.39 is 41.8 Å². The summed E-state index contributed by atoms with van der Waals surface area (Å²) >= 11 is 0. The van der Waals surface area contributed by atoms with Gasteiger partial charge in [0.15, 0.2) is 0 Å². The molecule has 0 bridgehead atoms. The average Bonchev–Trinajstić information content (AvgIpc) is 3.00. The Morgan fingerprint density at radius 2 is 1.19 bits per heavy atom. The lowest BCUT2D eigenvalue weighted by Crippen LogP contribution is -2.57. The first kappa shape index (κ1) is 32.0. The number of aryl methyl sites for hydroxylation is 1. The minimum Gasteiger partial charge on any atom is -0.374 e. The number of carbonyl (C=O) groups excluding carboxylic acids is 4. The van der Waals surface area contributed by atoms with Crippen LogP contribution in [0.1, 0.15) is 36.5 Å². The predicted molar refractivity (Wildman–Crippen MR) is 157 cm³/mol. The van der Waals surface area contributed by atoms with Crippen molar-refractivity contribution in [2.45, 2.75) is 57.3 Å². The third-order valence-corrected chi connectivity index (χ3v) is 6.55. The van der Waals surface area contributed by atoms with Crippen LogP contribution in [0, 0.1) is 0 Å². The number of benzene rings is 3. The standard InChI is InChI=1S/C32H38N4O6/c1-23(37)33-29(22-42-21-26-16-9-4-10-17-26)31(39)34-27(19-11-18-24-12-5-2-6-13-24)30(38)35-28(32(40)36-41)20-25-14-7-3-8-15-25/h2-10,12-17,27-29,41H,11,18-22H2,1H3,(H,33,37)(H,34,39)(H,35,38)(H,36,40)/t27-,28-,29+/m1/s1. The molecule has 0 aliphatic rings. The van der Waals surface area contributed by atoms with Crippen molar-refractivity contribution in [1.82, 2.24) is 21.4 Å². The molecular formula is C32H38N4O6. The van der Waals surface area contributed by atoms with Crippen LogP contribution < -0.4 is 21.4 Å². The molecular weight excluding hydrogens is 536 g/mol. The van der Waals surface area contributed by atoms with Gasteiger partial charge in [-0.25, -0.2) is 5.48 Å². The average molecular weight is 575 g/mol.